The highest BCUT2D eigenvalue weighted by Gasteiger charge is 2.10. The molecule has 3 nitrogen and oxygen atoms in total. The van der Waals surface area contributed by atoms with E-state index in [1.807, 2.05) is 6.07 Å². The average Bonchev–Trinajstić information content (AvgIpc) is 2.49. The van der Waals surface area contributed by atoms with Crippen molar-refractivity contribution in [3.05, 3.63) is 45.0 Å². The van der Waals surface area contributed by atoms with Crippen LogP contribution in [-0.2, 0) is 0 Å². The molecule has 17 heavy (non-hydrogen) atoms. The largest absolute Gasteiger partial charge is 0.493 e. The molecule has 2 aromatic rings. The zero-order valence-corrected chi connectivity index (χ0v) is 11.1. The Morgan fingerprint density at radius 2 is 1.76 bits per heavy atom. The zero-order chi connectivity index (χ0) is 12.4. The molecule has 0 radical (unpaired) electrons. The van der Waals surface area contributed by atoms with Crippen LogP contribution in [0.25, 0.3) is 10.8 Å². The fourth-order valence-corrected chi connectivity index (χ4v) is 2.11. The van der Waals surface area contributed by atoms with E-state index in [4.69, 9.17) is 9.47 Å². The van der Waals surface area contributed by atoms with E-state index in [1.54, 1.807) is 38.5 Å². The third kappa shape index (κ3) is 2.00. The first-order valence-electron chi connectivity index (χ1n) is 5.02. The van der Waals surface area contributed by atoms with Gasteiger partial charge in [0.2, 0.25) is 5.43 Å². The van der Waals surface area contributed by atoms with Gasteiger partial charge in [0.15, 0.2) is 11.5 Å². The Labute approximate surface area is 107 Å². The van der Waals surface area contributed by atoms with Crippen LogP contribution < -0.4 is 14.9 Å². The topological polar surface area (TPSA) is 35.5 Å². The Balaban J connectivity index is 2.98. The fraction of sp³-hybridized carbons (Fsp3) is 0.154. The van der Waals surface area contributed by atoms with Crippen LogP contribution in [0.4, 0.5) is 0 Å². The molecule has 0 fully saturated rings. The number of hydrogen-bond donors (Lipinski definition) is 0. The van der Waals surface area contributed by atoms with E-state index in [-0.39, 0.29) is 5.43 Å². The minimum Gasteiger partial charge on any atom is -0.493 e. The monoisotopic (exact) mass is 294 g/mol. The van der Waals surface area contributed by atoms with Gasteiger partial charge in [0.25, 0.3) is 0 Å². The maximum atomic E-state index is 12.1. The van der Waals surface area contributed by atoms with Crippen LogP contribution in [0.5, 0.6) is 11.5 Å². The van der Waals surface area contributed by atoms with Crippen LogP contribution >= 0.6 is 15.9 Å². The van der Waals surface area contributed by atoms with Gasteiger partial charge < -0.3 is 9.47 Å². The van der Waals surface area contributed by atoms with E-state index in [2.05, 4.69) is 15.9 Å². The molecule has 0 aliphatic carbocycles. The van der Waals surface area contributed by atoms with Crippen molar-refractivity contribution in [3.8, 4) is 11.5 Å². The smallest absolute Gasteiger partial charge is 0.200 e. The van der Waals surface area contributed by atoms with Gasteiger partial charge >= 0.3 is 0 Å². The second-order valence-electron chi connectivity index (χ2n) is 3.47. The summed E-state index contributed by atoms with van der Waals surface area (Å²) < 4.78 is 11.0. The summed E-state index contributed by atoms with van der Waals surface area (Å²) in [6, 6.07) is 8.83. The number of rotatable bonds is 2. The maximum Gasteiger partial charge on any atom is 0.200 e. The fourth-order valence-electron chi connectivity index (χ4n) is 1.75. The van der Waals surface area contributed by atoms with E-state index in [0.717, 1.165) is 5.39 Å². The van der Waals surface area contributed by atoms with E-state index < -0.39 is 0 Å². The van der Waals surface area contributed by atoms with Gasteiger partial charge in [-0.1, -0.05) is 12.1 Å². The molecule has 88 valence electrons. The van der Waals surface area contributed by atoms with Crippen molar-refractivity contribution < 1.29 is 9.47 Å². The predicted molar refractivity (Wildman–Crippen MR) is 71.0 cm³/mol. The standard InChI is InChI=1S/C13H11BrO3/c1-16-11-7-6-8-9(13(11)17-2)4-3-5-10(14)12(8)15/h3-7H,1-2H3. The van der Waals surface area contributed by atoms with Crippen LogP contribution in [0.1, 0.15) is 0 Å². The molecule has 0 spiro atoms. The van der Waals surface area contributed by atoms with Crippen molar-refractivity contribution in [1.82, 2.24) is 0 Å². The number of methoxy groups -OCH3 is 2. The zero-order valence-electron chi connectivity index (χ0n) is 9.49. The summed E-state index contributed by atoms with van der Waals surface area (Å²) in [5.74, 6) is 1.19. The first-order valence-corrected chi connectivity index (χ1v) is 5.82. The molecule has 0 N–H and O–H groups in total. The molecule has 0 aliphatic rings. The second kappa shape index (κ2) is 4.75. The lowest BCUT2D eigenvalue weighted by molar-refractivity contribution is 0.358. The number of halogens is 1. The SMILES string of the molecule is COc1ccc2c(=O)c(Br)cccc2c1OC. The third-order valence-electron chi connectivity index (χ3n) is 2.55. The van der Waals surface area contributed by atoms with Crippen molar-refractivity contribution in [1.29, 1.82) is 0 Å². The molecule has 0 saturated carbocycles. The lowest BCUT2D eigenvalue weighted by atomic mass is 10.1. The summed E-state index contributed by atoms with van der Waals surface area (Å²) in [7, 11) is 3.13. The maximum absolute atomic E-state index is 12.1. The van der Waals surface area contributed by atoms with Gasteiger partial charge in [-0.05, 0) is 34.1 Å². The summed E-state index contributed by atoms with van der Waals surface area (Å²) in [6.07, 6.45) is 0. The molecule has 0 atom stereocenters. The number of fused-ring (bicyclic) bond motifs is 1. The molecule has 0 amide bonds. The molecule has 0 aliphatic heterocycles. The van der Waals surface area contributed by atoms with Crippen molar-refractivity contribution in [3.63, 3.8) is 0 Å². The van der Waals surface area contributed by atoms with Gasteiger partial charge in [0.1, 0.15) is 0 Å². The van der Waals surface area contributed by atoms with E-state index in [1.165, 1.54) is 0 Å². The van der Waals surface area contributed by atoms with Gasteiger partial charge in [-0.25, -0.2) is 0 Å². The second-order valence-corrected chi connectivity index (χ2v) is 4.32. The molecule has 2 rings (SSSR count). The minimum atomic E-state index is -0.0639. The van der Waals surface area contributed by atoms with Gasteiger partial charge in [0, 0.05) is 10.8 Å². The Hall–Kier alpha value is -1.55. The first-order chi connectivity index (χ1) is 8.19. The van der Waals surface area contributed by atoms with Crippen LogP contribution in [0, 0.1) is 0 Å². The van der Waals surface area contributed by atoms with Crippen molar-refractivity contribution in [2.24, 2.45) is 0 Å². The molecule has 0 saturated heterocycles. The van der Waals surface area contributed by atoms with E-state index >= 15 is 0 Å². The lowest BCUT2D eigenvalue weighted by Crippen LogP contribution is -2.00. The molecule has 2 aromatic carbocycles. The van der Waals surface area contributed by atoms with Gasteiger partial charge in [-0.15, -0.1) is 0 Å². The van der Waals surface area contributed by atoms with Crippen molar-refractivity contribution >= 4 is 26.7 Å². The Morgan fingerprint density at radius 1 is 1.00 bits per heavy atom. The summed E-state index contributed by atoms with van der Waals surface area (Å²) in [4.78, 5) is 12.1. The molecule has 0 bridgehead atoms. The Morgan fingerprint density at radius 3 is 2.41 bits per heavy atom. The van der Waals surface area contributed by atoms with Crippen LogP contribution in [0.15, 0.2) is 39.6 Å². The number of benzene rings is 1. The predicted octanol–water partition coefficient (Wildman–Crippen LogP) is 2.98. The molecule has 0 aromatic heterocycles. The normalized spacial score (nSPS) is 10.3. The quantitative estimate of drug-likeness (QED) is 0.854. The molecular weight excluding hydrogens is 284 g/mol. The van der Waals surface area contributed by atoms with Gasteiger partial charge in [-0.3, -0.25) is 4.79 Å². The van der Waals surface area contributed by atoms with Crippen molar-refractivity contribution in [2.75, 3.05) is 14.2 Å². The van der Waals surface area contributed by atoms with Gasteiger partial charge in [0.05, 0.1) is 18.7 Å². The Kier molecular flexibility index (Phi) is 3.33. The van der Waals surface area contributed by atoms with Crippen LogP contribution in [-0.4, -0.2) is 14.2 Å². The average molecular weight is 295 g/mol. The summed E-state index contributed by atoms with van der Waals surface area (Å²) in [6.45, 7) is 0. The summed E-state index contributed by atoms with van der Waals surface area (Å²) in [5, 5.41) is 1.34. The highest BCUT2D eigenvalue weighted by atomic mass is 79.9. The highest BCUT2D eigenvalue weighted by Crippen LogP contribution is 2.33. The highest BCUT2D eigenvalue weighted by molar-refractivity contribution is 9.10. The van der Waals surface area contributed by atoms with E-state index in [0.29, 0.717) is 21.4 Å². The van der Waals surface area contributed by atoms with Gasteiger partial charge in [-0.2, -0.15) is 0 Å². The molecular formula is C13H11BrO3. The number of hydrogen-bond acceptors (Lipinski definition) is 3. The van der Waals surface area contributed by atoms with Crippen LogP contribution in [0.2, 0.25) is 0 Å². The summed E-state index contributed by atoms with van der Waals surface area (Å²) >= 11 is 3.24. The van der Waals surface area contributed by atoms with Crippen LogP contribution in [0.3, 0.4) is 0 Å². The minimum absolute atomic E-state index is 0.0639. The first kappa shape index (κ1) is 11.9. The molecule has 0 unspecified atom stereocenters. The molecule has 4 heteroatoms. The summed E-state index contributed by atoms with van der Waals surface area (Å²) in [5.41, 5.74) is -0.0639. The molecule has 0 heterocycles. The van der Waals surface area contributed by atoms with Crippen molar-refractivity contribution in [2.45, 2.75) is 0 Å². The lowest BCUT2D eigenvalue weighted by Gasteiger charge is -2.08. The third-order valence-corrected chi connectivity index (χ3v) is 3.18. The Bertz CT molecular complexity index is 623. The van der Waals surface area contributed by atoms with E-state index in [9.17, 15) is 4.79 Å². The number of ether oxygens (including phenoxy) is 2.